The monoisotopic (exact) mass is 178 g/mol. The molecule has 0 saturated carbocycles. The van der Waals surface area contributed by atoms with Gasteiger partial charge < -0.3 is 0 Å². The molecule has 0 heteroatoms. The molecule has 13 heavy (non-hydrogen) atoms. The maximum atomic E-state index is 3.49. The van der Waals surface area contributed by atoms with E-state index in [-0.39, 0.29) is 0 Å². The Morgan fingerprint density at radius 1 is 1.08 bits per heavy atom. The van der Waals surface area contributed by atoms with Gasteiger partial charge in [0, 0.05) is 0 Å². The molecule has 0 amide bonds. The molecule has 0 heterocycles. The van der Waals surface area contributed by atoms with Crippen molar-refractivity contribution in [1.82, 2.24) is 0 Å². The Morgan fingerprint density at radius 3 is 2.46 bits per heavy atom. The molecular formula is C13H22. The summed E-state index contributed by atoms with van der Waals surface area (Å²) in [6.45, 7) is 6.88. The van der Waals surface area contributed by atoms with Crippen LogP contribution in [0.2, 0.25) is 0 Å². The normalized spacial score (nSPS) is 20.1. The number of rotatable bonds is 0. The zero-order valence-corrected chi connectivity index (χ0v) is 9.32. The zero-order chi connectivity index (χ0) is 9.73. The molecule has 74 valence electrons. The first-order chi connectivity index (χ1) is 6.11. The average molecular weight is 178 g/mol. The standard InChI is InChI=1S/C13H22/c1-13(2,3)12-10-8-6-4-5-7-9-11-12/h8H,4-7,9,11H2,1-3H3. The lowest BCUT2D eigenvalue weighted by Crippen LogP contribution is -2.08. The van der Waals surface area contributed by atoms with E-state index < -0.39 is 0 Å². The third-order valence-electron chi connectivity index (χ3n) is 2.71. The second-order valence-electron chi connectivity index (χ2n) is 5.03. The molecule has 0 aliphatic heterocycles. The van der Waals surface area contributed by atoms with Crippen molar-refractivity contribution in [1.29, 1.82) is 0 Å². The summed E-state index contributed by atoms with van der Waals surface area (Å²) in [7, 11) is 0. The molecule has 0 aromatic rings. The SMILES string of the molecule is CC(C)(C)C1=C=CCCCCCC1. The van der Waals surface area contributed by atoms with Crippen molar-refractivity contribution in [3.05, 3.63) is 17.4 Å². The predicted octanol–water partition coefficient (Wildman–Crippen LogP) is 4.47. The minimum absolute atomic E-state index is 0.320. The Bertz CT molecular complexity index is 209. The number of allylic oxidation sites excluding steroid dienone is 1. The summed E-state index contributed by atoms with van der Waals surface area (Å²) in [5.74, 6) is 0. The summed E-state index contributed by atoms with van der Waals surface area (Å²) >= 11 is 0. The van der Waals surface area contributed by atoms with E-state index in [1.54, 1.807) is 0 Å². The summed E-state index contributed by atoms with van der Waals surface area (Å²) in [6.07, 6.45) is 10.2. The molecule has 1 aliphatic rings. The van der Waals surface area contributed by atoms with Crippen LogP contribution in [0.1, 0.15) is 59.3 Å². The Labute approximate surface area is 82.7 Å². The second kappa shape index (κ2) is 4.67. The smallest absolute Gasteiger partial charge is 0.00972 e. The van der Waals surface area contributed by atoms with Crippen LogP contribution in [0.5, 0.6) is 0 Å². The third-order valence-corrected chi connectivity index (χ3v) is 2.71. The van der Waals surface area contributed by atoms with Crippen molar-refractivity contribution in [2.45, 2.75) is 59.3 Å². The van der Waals surface area contributed by atoms with Crippen LogP contribution < -0.4 is 0 Å². The fourth-order valence-corrected chi connectivity index (χ4v) is 1.76. The quantitative estimate of drug-likeness (QED) is 0.480. The van der Waals surface area contributed by atoms with Gasteiger partial charge in [-0.05, 0) is 42.7 Å². The minimum Gasteiger partial charge on any atom is -0.126 e. The van der Waals surface area contributed by atoms with Crippen LogP contribution in [0.4, 0.5) is 0 Å². The van der Waals surface area contributed by atoms with Crippen molar-refractivity contribution in [2.24, 2.45) is 5.41 Å². The number of hydrogen-bond acceptors (Lipinski definition) is 0. The van der Waals surface area contributed by atoms with Crippen LogP contribution in [0.25, 0.3) is 0 Å². The average Bonchev–Trinajstić information content (AvgIpc) is 2.14. The molecule has 0 spiro atoms. The van der Waals surface area contributed by atoms with Crippen LogP contribution in [-0.2, 0) is 0 Å². The first kappa shape index (κ1) is 10.6. The van der Waals surface area contributed by atoms with Crippen LogP contribution in [0, 0.1) is 5.41 Å². The van der Waals surface area contributed by atoms with Crippen LogP contribution in [0.3, 0.4) is 0 Å². The predicted molar refractivity (Wildman–Crippen MR) is 58.8 cm³/mol. The van der Waals surface area contributed by atoms with E-state index in [1.807, 2.05) is 0 Å². The van der Waals surface area contributed by atoms with Crippen LogP contribution in [0.15, 0.2) is 17.4 Å². The molecule has 0 bridgehead atoms. The molecule has 1 aliphatic carbocycles. The van der Waals surface area contributed by atoms with Gasteiger partial charge >= 0.3 is 0 Å². The van der Waals surface area contributed by atoms with Gasteiger partial charge in [-0.15, -0.1) is 5.73 Å². The van der Waals surface area contributed by atoms with E-state index >= 15 is 0 Å². The lowest BCUT2D eigenvalue weighted by Gasteiger charge is -2.20. The molecule has 0 atom stereocenters. The number of hydrogen-bond donors (Lipinski definition) is 0. The highest BCUT2D eigenvalue weighted by atomic mass is 14.2. The van der Waals surface area contributed by atoms with Gasteiger partial charge in [-0.2, -0.15) is 0 Å². The molecular weight excluding hydrogens is 156 g/mol. The van der Waals surface area contributed by atoms with E-state index in [0.29, 0.717) is 5.41 Å². The molecule has 0 saturated heterocycles. The topological polar surface area (TPSA) is 0 Å². The Morgan fingerprint density at radius 2 is 1.77 bits per heavy atom. The maximum Gasteiger partial charge on any atom is -0.00972 e. The van der Waals surface area contributed by atoms with Crippen LogP contribution >= 0.6 is 0 Å². The summed E-state index contributed by atoms with van der Waals surface area (Å²) in [5.41, 5.74) is 5.32. The van der Waals surface area contributed by atoms with Crippen LogP contribution in [-0.4, -0.2) is 0 Å². The van der Waals surface area contributed by atoms with Gasteiger partial charge in [-0.25, -0.2) is 0 Å². The summed E-state index contributed by atoms with van der Waals surface area (Å²) in [6, 6.07) is 0. The van der Waals surface area contributed by atoms with E-state index in [2.05, 4.69) is 32.6 Å². The molecule has 0 aromatic carbocycles. The van der Waals surface area contributed by atoms with Crippen molar-refractivity contribution in [3.63, 3.8) is 0 Å². The fourth-order valence-electron chi connectivity index (χ4n) is 1.76. The first-order valence-electron chi connectivity index (χ1n) is 5.55. The summed E-state index contributed by atoms with van der Waals surface area (Å²) in [5, 5.41) is 0. The van der Waals surface area contributed by atoms with E-state index in [9.17, 15) is 0 Å². The Kier molecular flexibility index (Phi) is 3.81. The van der Waals surface area contributed by atoms with E-state index in [1.165, 1.54) is 44.1 Å². The molecule has 0 unspecified atom stereocenters. The Balaban J connectivity index is 2.72. The second-order valence-corrected chi connectivity index (χ2v) is 5.03. The largest absolute Gasteiger partial charge is 0.126 e. The van der Waals surface area contributed by atoms with Gasteiger partial charge in [0.1, 0.15) is 0 Å². The lowest BCUT2D eigenvalue weighted by atomic mass is 9.84. The zero-order valence-electron chi connectivity index (χ0n) is 9.32. The lowest BCUT2D eigenvalue weighted by molar-refractivity contribution is 0.474. The van der Waals surface area contributed by atoms with Gasteiger partial charge in [0.05, 0.1) is 0 Å². The van der Waals surface area contributed by atoms with Crippen molar-refractivity contribution in [2.75, 3.05) is 0 Å². The summed E-state index contributed by atoms with van der Waals surface area (Å²) in [4.78, 5) is 0. The maximum absolute atomic E-state index is 3.49. The van der Waals surface area contributed by atoms with Crippen molar-refractivity contribution in [3.8, 4) is 0 Å². The van der Waals surface area contributed by atoms with E-state index in [0.717, 1.165) is 0 Å². The molecule has 0 radical (unpaired) electrons. The highest BCUT2D eigenvalue weighted by Crippen LogP contribution is 2.29. The van der Waals surface area contributed by atoms with Gasteiger partial charge in [-0.3, -0.25) is 0 Å². The highest BCUT2D eigenvalue weighted by molar-refractivity contribution is 5.10. The summed E-state index contributed by atoms with van der Waals surface area (Å²) < 4.78 is 0. The fraction of sp³-hybridized carbons (Fsp3) is 0.769. The molecule has 0 aromatic heterocycles. The third kappa shape index (κ3) is 3.83. The van der Waals surface area contributed by atoms with Crippen molar-refractivity contribution < 1.29 is 0 Å². The highest BCUT2D eigenvalue weighted by Gasteiger charge is 2.16. The van der Waals surface area contributed by atoms with Crippen molar-refractivity contribution >= 4 is 0 Å². The first-order valence-corrected chi connectivity index (χ1v) is 5.55. The minimum atomic E-state index is 0.320. The molecule has 1 rings (SSSR count). The molecule has 0 fully saturated rings. The van der Waals surface area contributed by atoms with Gasteiger partial charge in [0.25, 0.3) is 0 Å². The van der Waals surface area contributed by atoms with Gasteiger partial charge in [0.2, 0.25) is 0 Å². The molecule has 0 N–H and O–H groups in total. The Hall–Kier alpha value is -0.480. The van der Waals surface area contributed by atoms with Gasteiger partial charge in [-0.1, -0.05) is 33.6 Å². The van der Waals surface area contributed by atoms with Gasteiger partial charge in [0.15, 0.2) is 0 Å². The molecule has 0 nitrogen and oxygen atoms in total. The van der Waals surface area contributed by atoms with E-state index in [4.69, 9.17) is 0 Å².